The first-order valence-electron chi connectivity index (χ1n) is 7.37. The van der Waals surface area contributed by atoms with Gasteiger partial charge in [-0.1, -0.05) is 71.5 Å². The third-order valence-corrected chi connectivity index (χ3v) is 5.74. The zero-order valence-electron chi connectivity index (χ0n) is 13.1. The Bertz CT molecular complexity index is 944. The molecule has 6 heteroatoms. The molecule has 4 nitrogen and oxygen atoms in total. The van der Waals surface area contributed by atoms with Gasteiger partial charge in [0.2, 0.25) is 0 Å². The standard InChI is InChI=1S/C18H16N2O2S2/c1-14-7-9-16(10-8-14)18-20-19-17(23-18)13-24(21,22)12-11-15-5-3-2-4-6-15/h2-12H,13H2,1H3/b12-11-. The van der Waals surface area contributed by atoms with Gasteiger partial charge in [0, 0.05) is 11.0 Å². The molecule has 1 heterocycles. The highest BCUT2D eigenvalue weighted by Gasteiger charge is 2.13. The Morgan fingerprint density at radius 3 is 2.42 bits per heavy atom. The van der Waals surface area contributed by atoms with Crippen LogP contribution in [-0.4, -0.2) is 18.6 Å². The van der Waals surface area contributed by atoms with Gasteiger partial charge in [-0.3, -0.25) is 0 Å². The lowest BCUT2D eigenvalue weighted by Crippen LogP contribution is -1.99. The molecular formula is C18H16N2O2S2. The Kier molecular flexibility index (Phi) is 4.87. The van der Waals surface area contributed by atoms with Crippen molar-refractivity contribution in [2.45, 2.75) is 12.7 Å². The van der Waals surface area contributed by atoms with Crippen LogP contribution in [0.5, 0.6) is 0 Å². The number of aromatic nitrogens is 2. The number of aryl methyl sites for hydroxylation is 1. The van der Waals surface area contributed by atoms with Crippen LogP contribution in [0.4, 0.5) is 0 Å². The molecule has 0 amide bonds. The van der Waals surface area contributed by atoms with E-state index in [1.54, 1.807) is 6.08 Å². The molecule has 0 spiro atoms. The van der Waals surface area contributed by atoms with Crippen molar-refractivity contribution in [1.29, 1.82) is 0 Å². The van der Waals surface area contributed by atoms with E-state index in [-0.39, 0.29) is 5.75 Å². The molecule has 122 valence electrons. The average molecular weight is 356 g/mol. The van der Waals surface area contributed by atoms with Crippen molar-refractivity contribution >= 4 is 27.3 Å². The first kappa shape index (κ1) is 16.5. The van der Waals surface area contributed by atoms with E-state index >= 15 is 0 Å². The fourth-order valence-corrected chi connectivity index (χ4v) is 4.32. The summed E-state index contributed by atoms with van der Waals surface area (Å²) in [6.45, 7) is 2.01. The summed E-state index contributed by atoms with van der Waals surface area (Å²) in [5.74, 6) is -0.139. The molecule has 0 aliphatic rings. The second-order valence-corrected chi connectivity index (χ2v) is 8.34. The van der Waals surface area contributed by atoms with Crippen LogP contribution in [-0.2, 0) is 15.6 Å². The summed E-state index contributed by atoms with van der Waals surface area (Å²) in [5, 5.41) is 10.6. The molecule has 1 aromatic heterocycles. The van der Waals surface area contributed by atoms with Gasteiger partial charge in [-0.15, -0.1) is 10.2 Å². The maximum Gasteiger partial charge on any atom is 0.178 e. The highest BCUT2D eigenvalue weighted by molar-refractivity contribution is 7.93. The predicted molar refractivity (Wildman–Crippen MR) is 98.2 cm³/mol. The largest absolute Gasteiger partial charge is 0.224 e. The number of nitrogens with zero attached hydrogens (tertiary/aromatic N) is 2. The topological polar surface area (TPSA) is 59.9 Å². The highest BCUT2D eigenvalue weighted by atomic mass is 32.2. The smallest absolute Gasteiger partial charge is 0.178 e. The van der Waals surface area contributed by atoms with Crippen molar-refractivity contribution in [1.82, 2.24) is 10.2 Å². The summed E-state index contributed by atoms with van der Waals surface area (Å²) in [5.41, 5.74) is 2.96. The molecule has 3 aromatic rings. The van der Waals surface area contributed by atoms with Crippen molar-refractivity contribution in [2.75, 3.05) is 0 Å². The third-order valence-electron chi connectivity index (χ3n) is 3.36. The quantitative estimate of drug-likeness (QED) is 0.690. The Balaban J connectivity index is 1.74. The summed E-state index contributed by atoms with van der Waals surface area (Å²) >= 11 is 1.31. The number of sulfone groups is 1. The van der Waals surface area contributed by atoms with Gasteiger partial charge >= 0.3 is 0 Å². The van der Waals surface area contributed by atoms with E-state index in [1.165, 1.54) is 16.7 Å². The van der Waals surface area contributed by atoms with Crippen LogP contribution in [0.2, 0.25) is 0 Å². The van der Waals surface area contributed by atoms with Crippen molar-refractivity contribution in [3.8, 4) is 10.6 Å². The lowest BCUT2D eigenvalue weighted by molar-refractivity contribution is 0.603. The average Bonchev–Trinajstić information content (AvgIpc) is 3.02. The van der Waals surface area contributed by atoms with Gasteiger partial charge in [-0.05, 0) is 18.6 Å². The fraction of sp³-hybridized carbons (Fsp3) is 0.111. The molecular weight excluding hydrogens is 340 g/mol. The summed E-state index contributed by atoms with van der Waals surface area (Å²) < 4.78 is 24.4. The molecule has 0 unspecified atom stereocenters. The zero-order chi connectivity index (χ0) is 17.0. The molecule has 2 aromatic carbocycles. The van der Waals surface area contributed by atoms with Gasteiger partial charge in [-0.2, -0.15) is 0 Å². The maximum absolute atomic E-state index is 12.2. The number of hydrogen-bond donors (Lipinski definition) is 0. The Morgan fingerprint density at radius 1 is 1.00 bits per heavy atom. The zero-order valence-corrected chi connectivity index (χ0v) is 14.7. The van der Waals surface area contributed by atoms with Crippen molar-refractivity contribution in [3.05, 3.63) is 76.1 Å². The van der Waals surface area contributed by atoms with E-state index in [1.807, 2.05) is 61.5 Å². The van der Waals surface area contributed by atoms with E-state index < -0.39 is 9.84 Å². The van der Waals surface area contributed by atoms with Crippen molar-refractivity contribution in [3.63, 3.8) is 0 Å². The Hall–Kier alpha value is -2.31. The minimum absolute atomic E-state index is 0.139. The minimum atomic E-state index is -3.38. The van der Waals surface area contributed by atoms with Crippen LogP contribution >= 0.6 is 11.3 Å². The molecule has 0 bridgehead atoms. The maximum atomic E-state index is 12.2. The number of rotatable bonds is 5. The van der Waals surface area contributed by atoms with Crippen LogP contribution < -0.4 is 0 Å². The third kappa shape index (κ3) is 4.37. The van der Waals surface area contributed by atoms with Crippen LogP contribution in [0, 0.1) is 6.92 Å². The normalized spacial score (nSPS) is 11.9. The number of hydrogen-bond acceptors (Lipinski definition) is 5. The van der Waals surface area contributed by atoms with Gasteiger partial charge in [0.1, 0.15) is 15.8 Å². The van der Waals surface area contributed by atoms with E-state index in [4.69, 9.17) is 0 Å². The molecule has 0 N–H and O–H groups in total. The summed E-state index contributed by atoms with van der Waals surface area (Å²) in [6, 6.07) is 17.2. The Labute approximate surface area is 145 Å². The SMILES string of the molecule is Cc1ccc(-c2nnc(CS(=O)(=O)/C=C\c3ccccc3)s2)cc1. The van der Waals surface area contributed by atoms with E-state index in [9.17, 15) is 8.42 Å². The van der Waals surface area contributed by atoms with Crippen LogP contribution in [0.25, 0.3) is 16.6 Å². The number of benzene rings is 2. The van der Waals surface area contributed by atoms with E-state index in [0.717, 1.165) is 21.7 Å². The molecule has 0 atom stereocenters. The van der Waals surface area contributed by atoms with Gasteiger partial charge in [0.05, 0.1) is 0 Å². The fourth-order valence-electron chi connectivity index (χ4n) is 2.09. The first-order chi connectivity index (χ1) is 11.5. The van der Waals surface area contributed by atoms with Crippen molar-refractivity contribution in [2.24, 2.45) is 0 Å². The second kappa shape index (κ2) is 7.07. The summed E-state index contributed by atoms with van der Waals surface area (Å²) in [6.07, 6.45) is 1.59. The lowest BCUT2D eigenvalue weighted by Gasteiger charge is -1.96. The molecule has 0 aliphatic heterocycles. The van der Waals surface area contributed by atoms with Gasteiger partial charge in [0.25, 0.3) is 0 Å². The van der Waals surface area contributed by atoms with Crippen molar-refractivity contribution < 1.29 is 8.42 Å². The van der Waals surface area contributed by atoms with Gasteiger partial charge in [-0.25, -0.2) is 8.42 Å². The highest BCUT2D eigenvalue weighted by Crippen LogP contribution is 2.25. The lowest BCUT2D eigenvalue weighted by atomic mass is 10.2. The monoisotopic (exact) mass is 356 g/mol. The molecule has 0 fully saturated rings. The summed E-state index contributed by atoms with van der Waals surface area (Å²) in [7, 11) is -3.38. The summed E-state index contributed by atoms with van der Waals surface area (Å²) in [4.78, 5) is 0. The molecule has 0 saturated carbocycles. The molecule has 24 heavy (non-hydrogen) atoms. The minimum Gasteiger partial charge on any atom is -0.224 e. The Morgan fingerprint density at radius 2 is 1.71 bits per heavy atom. The molecule has 3 rings (SSSR count). The van der Waals surface area contributed by atoms with Crippen LogP contribution in [0.15, 0.2) is 60.0 Å². The van der Waals surface area contributed by atoms with Crippen LogP contribution in [0.3, 0.4) is 0 Å². The molecule has 0 radical (unpaired) electrons. The first-order valence-corrected chi connectivity index (χ1v) is 9.90. The predicted octanol–water partition coefficient (Wildman–Crippen LogP) is 4.10. The molecule has 0 saturated heterocycles. The van der Waals surface area contributed by atoms with E-state index in [0.29, 0.717) is 5.01 Å². The van der Waals surface area contributed by atoms with Gasteiger partial charge < -0.3 is 0 Å². The van der Waals surface area contributed by atoms with Gasteiger partial charge in [0.15, 0.2) is 9.84 Å². The second-order valence-electron chi connectivity index (χ2n) is 5.39. The van der Waals surface area contributed by atoms with Crippen LogP contribution in [0.1, 0.15) is 16.1 Å². The molecule has 0 aliphatic carbocycles. The van der Waals surface area contributed by atoms with E-state index in [2.05, 4.69) is 10.2 Å².